The molecule has 1 aliphatic rings. The fourth-order valence-electron chi connectivity index (χ4n) is 5.34. The van der Waals surface area contributed by atoms with Crippen LogP contribution in [0.2, 0.25) is 5.02 Å². The molecular weight excluding hydrogens is 514 g/mol. The van der Waals surface area contributed by atoms with E-state index in [0.29, 0.717) is 47.2 Å². The second-order valence-corrected chi connectivity index (χ2v) is 10.6. The molecule has 39 heavy (non-hydrogen) atoms. The van der Waals surface area contributed by atoms with Crippen molar-refractivity contribution in [3.05, 3.63) is 74.7 Å². The van der Waals surface area contributed by atoms with Crippen LogP contribution in [0, 0.1) is 13.8 Å². The van der Waals surface area contributed by atoms with Crippen molar-refractivity contribution in [3.63, 3.8) is 0 Å². The highest BCUT2D eigenvalue weighted by Gasteiger charge is 2.22. The number of rotatable bonds is 8. The molecule has 1 atom stereocenters. The van der Waals surface area contributed by atoms with E-state index in [-0.39, 0.29) is 22.1 Å². The van der Waals surface area contributed by atoms with Gasteiger partial charge in [-0.15, -0.1) is 0 Å². The Labute approximate surface area is 232 Å². The largest absolute Gasteiger partial charge is 0.492 e. The lowest BCUT2D eigenvalue weighted by Gasteiger charge is -2.24. The Morgan fingerprint density at radius 2 is 1.97 bits per heavy atom. The van der Waals surface area contributed by atoms with Crippen LogP contribution in [0.3, 0.4) is 0 Å². The molecule has 5 rings (SSSR count). The van der Waals surface area contributed by atoms with Crippen LogP contribution in [-0.4, -0.2) is 39.9 Å². The molecule has 0 saturated carbocycles. The molecule has 9 heteroatoms. The molecule has 1 fully saturated rings. The van der Waals surface area contributed by atoms with E-state index in [1.807, 2.05) is 32.9 Å². The maximum Gasteiger partial charge on any atom is 0.260 e. The van der Waals surface area contributed by atoms with Crippen LogP contribution in [0.15, 0.2) is 47.4 Å². The summed E-state index contributed by atoms with van der Waals surface area (Å²) in [5.74, 6) is 0.667. The van der Waals surface area contributed by atoms with E-state index in [1.165, 1.54) is 12.8 Å². The lowest BCUT2D eigenvalue weighted by Crippen LogP contribution is -2.35. The monoisotopic (exact) mass is 547 g/mol. The molecule has 0 aliphatic carbocycles. The Morgan fingerprint density at radius 3 is 2.69 bits per heavy atom. The quantitative estimate of drug-likeness (QED) is 0.257. The number of amides is 1. The molecule has 2 aromatic carbocycles. The number of hydrogen-bond acceptors (Lipinski definition) is 5. The third-order valence-electron chi connectivity index (χ3n) is 7.19. The number of H-pyrrole nitrogens is 1. The molecule has 0 radical (unpaired) electrons. The first-order valence-corrected chi connectivity index (χ1v) is 13.9. The van der Waals surface area contributed by atoms with Gasteiger partial charge in [0.15, 0.2) is 0 Å². The highest BCUT2D eigenvalue weighted by atomic mass is 35.5. The first-order chi connectivity index (χ1) is 18.8. The van der Waals surface area contributed by atoms with Gasteiger partial charge < -0.3 is 20.4 Å². The van der Waals surface area contributed by atoms with E-state index in [1.54, 1.807) is 29.1 Å². The van der Waals surface area contributed by atoms with Gasteiger partial charge in [-0.2, -0.15) is 5.10 Å². The number of aryl methyl sites for hydroxylation is 3. The summed E-state index contributed by atoms with van der Waals surface area (Å²) in [6.45, 7) is 8.02. The summed E-state index contributed by atoms with van der Waals surface area (Å²) in [5.41, 5.74) is 3.84. The fourth-order valence-corrected chi connectivity index (χ4v) is 5.59. The van der Waals surface area contributed by atoms with Crippen molar-refractivity contribution < 1.29 is 9.53 Å². The summed E-state index contributed by atoms with van der Waals surface area (Å²) in [6, 6.07) is 11.5. The zero-order chi connectivity index (χ0) is 27.5. The number of anilines is 1. The summed E-state index contributed by atoms with van der Waals surface area (Å²) in [4.78, 5) is 29.8. The van der Waals surface area contributed by atoms with E-state index < -0.39 is 0 Å². The minimum Gasteiger partial charge on any atom is -0.492 e. The summed E-state index contributed by atoms with van der Waals surface area (Å²) in [5, 5.41) is 11.5. The number of fused-ring (bicyclic) bond motifs is 1. The van der Waals surface area contributed by atoms with Crippen molar-refractivity contribution in [2.45, 2.75) is 59.0 Å². The van der Waals surface area contributed by atoms with Gasteiger partial charge in [-0.3, -0.25) is 9.59 Å². The van der Waals surface area contributed by atoms with Crippen molar-refractivity contribution in [2.75, 3.05) is 18.5 Å². The molecule has 0 bridgehead atoms. The van der Waals surface area contributed by atoms with Crippen molar-refractivity contribution >= 4 is 34.2 Å². The van der Waals surface area contributed by atoms with Crippen LogP contribution in [0.4, 0.5) is 5.82 Å². The van der Waals surface area contributed by atoms with Gasteiger partial charge in [0.25, 0.3) is 11.5 Å². The number of aromatic nitrogens is 3. The SMILES string of the molecule is CCn1nccc1NC(=O)c1cc2c(OCCC3CCCCN3)c(-c3cc(C)cc(C)c3)c(=O)[nH]c2cc1Cl. The molecule has 1 aliphatic heterocycles. The van der Waals surface area contributed by atoms with Gasteiger partial charge in [0, 0.05) is 24.0 Å². The molecule has 8 nitrogen and oxygen atoms in total. The molecule has 3 N–H and O–H groups in total. The highest BCUT2D eigenvalue weighted by molar-refractivity contribution is 6.35. The topological polar surface area (TPSA) is 101 Å². The zero-order valence-corrected chi connectivity index (χ0v) is 23.3. The number of benzene rings is 2. The van der Waals surface area contributed by atoms with Gasteiger partial charge in [-0.1, -0.05) is 47.3 Å². The van der Waals surface area contributed by atoms with Crippen LogP contribution in [-0.2, 0) is 6.54 Å². The average molecular weight is 548 g/mol. The summed E-state index contributed by atoms with van der Waals surface area (Å²) in [6.07, 6.45) is 5.96. The molecule has 1 amide bonds. The number of pyridine rings is 1. The van der Waals surface area contributed by atoms with E-state index in [0.717, 1.165) is 36.1 Å². The van der Waals surface area contributed by atoms with Crippen LogP contribution in [0.1, 0.15) is 54.1 Å². The van der Waals surface area contributed by atoms with Crippen LogP contribution < -0.4 is 20.9 Å². The number of piperidine rings is 1. The Kier molecular flexibility index (Phi) is 8.04. The minimum absolute atomic E-state index is 0.231. The number of ether oxygens (including phenoxy) is 1. The van der Waals surface area contributed by atoms with Gasteiger partial charge in [-0.05, 0) is 64.3 Å². The lowest BCUT2D eigenvalue weighted by atomic mass is 9.98. The third kappa shape index (κ3) is 5.87. The molecule has 4 aromatic rings. The summed E-state index contributed by atoms with van der Waals surface area (Å²) < 4.78 is 8.13. The van der Waals surface area contributed by atoms with E-state index in [4.69, 9.17) is 16.3 Å². The fraction of sp³-hybridized carbons (Fsp3) is 0.367. The number of nitrogens with one attached hydrogen (secondary N) is 3. The number of halogens is 1. The van der Waals surface area contributed by atoms with Crippen molar-refractivity contribution in [3.8, 4) is 16.9 Å². The molecule has 204 valence electrons. The minimum atomic E-state index is -0.367. The summed E-state index contributed by atoms with van der Waals surface area (Å²) in [7, 11) is 0. The Hall–Kier alpha value is -3.62. The lowest BCUT2D eigenvalue weighted by molar-refractivity contribution is 0.102. The Bertz CT molecular complexity index is 1550. The predicted molar refractivity (Wildman–Crippen MR) is 156 cm³/mol. The maximum absolute atomic E-state index is 13.5. The first kappa shape index (κ1) is 27.0. The average Bonchev–Trinajstić information content (AvgIpc) is 3.35. The normalized spacial score (nSPS) is 15.4. The van der Waals surface area contributed by atoms with Crippen LogP contribution in [0.5, 0.6) is 5.75 Å². The number of nitrogens with zero attached hydrogens (tertiary/aromatic N) is 2. The molecular formula is C30H34ClN5O3. The van der Waals surface area contributed by atoms with Crippen LogP contribution >= 0.6 is 11.6 Å². The van der Waals surface area contributed by atoms with E-state index in [9.17, 15) is 9.59 Å². The van der Waals surface area contributed by atoms with Crippen molar-refractivity contribution in [1.29, 1.82) is 0 Å². The van der Waals surface area contributed by atoms with Gasteiger partial charge in [0.2, 0.25) is 0 Å². The second kappa shape index (κ2) is 11.6. The summed E-state index contributed by atoms with van der Waals surface area (Å²) >= 11 is 6.57. The number of carbonyl (C=O) groups excluding carboxylic acids is 1. The van der Waals surface area contributed by atoms with E-state index in [2.05, 4.69) is 26.8 Å². The third-order valence-corrected chi connectivity index (χ3v) is 7.50. The molecule has 0 spiro atoms. The molecule has 2 aromatic heterocycles. The van der Waals surface area contributed by atoms with Crippen LogP contribution in [0.25, 0.3) is 22.0 Å². The molecule has 3 heterocycles. The van der Waals surface area contributed by atoms with Crippen molar-refractivity contribution in [1.82, 2.24) is 20.1 Å². The Balaban J connectivity index is 1.60. The van der Waals surface area contributed by atoms with E-state index >= 15 is 0 Å². The number of hydrogen-bond donors (Lipinski definition) is 3. The standard InChI is InChI=1S/C30H34ClN5O3/c1-4-36-26(8-11-33-36)35-29(37)22-16-23-25(17-24(22)31)34-30(38)27(20-14-18(2)13-19(3)15-20)28(23)39-12-9-21-7-5-6-10-32-21/h8,11,13-17,21,32H,4-7,9-10,12H2,1-3H3,(H,34,38)(H,35,37). The number of carbonyl (C=O) groups is 1. The smallest absolute Gasteiger partial charge is 0.260 e. The Morgan fingerprint density at radius 1 is 1.18 bits per heavy atom. The first-order valence-electron chi connectivity index (χ1n) is 13.5. The number of aromatic amines is 1. The van der Waals surface area contributed by atoms with Gasteiger partial charge in [-0.25, -0.2) is 4.68 Å². The zero-order valence-electron chi connectivity index (χ0n) is 22.6. The van der Waals surface area contributed by atoms with Crippen molar-refractivity contribution in [2.24, 2.45) is 0 Å². The van der Waals surface area contributed by atoms with Gasteiger partial charge in [0.1, 0.15) is 11.6 Å². The maximum atomic E-state index is 13.5. The highest BCUT2D eigenvalue weighted by Crippen LogP contribution is 2.37. The van der Waals surface area contributed by atoms with Gasteiger partial charge >= 0.3 is 0 Å². The predicted octanol–water partition coefficient (Wildman–Crippen LogP) is 5.85. The second-order valence-electron chi connectivity index (χ2n) is 10.2. The molecule has 1 saturated heterocycles. The van der Waals surface area contributed by atoms with Gasteiger partial charge in [0.05, 0.1) is 34.5 Å². The molecule has 1 unspecified atom stereocenters.